The first-order valence-corrected chi connectivity index (χ1v) is 5.86. The van der Waals surface area contributed by atoms with Gasteiger partial charge in [-0.05, 0) is 40.9 Å². The van der Waals surface area contributed by atoms with Crippen molar-refractivity contribution in [2.45, 2.75) is 19.8 Å². The zero-order valence-corrected chi connectivity index (χ0v) is 9.62. The van der Waals surface area contributed by atoms with Gasteiger partial charge in [0.05, 0.1) is 0 Å². The molecule has 68 valence electrons. The first kappa shape index (κ1) is 10.2. The molecule has 1 rings (SSSR count). The number of halogens is 1. The molecule has 12 heavy (non-hydrogen) atoms. The summed E-state index contributed by atoms with van der Waals surface area (Å²) < 4.78 is 1.19. The first-order valence-electron chi connectivity index (χ1n) is 4.19. The fourth-order valence-corrected chi connectivity index (χ4v) is 2.71. The van der Waals surface area contributed by atoms with Gasteiger partial charge >= 0.3 is 0 Å². The van der Waals surface area contributed by atoms with Gasteiger partial charge in [-0.15, -0.1) is 11.3 Å². The second-order valence-corrected chi connectivity index (χ2v) is 4.86. The number of nitrogens with two attached hydrogens (primary N) is 1. The Bertz CT molecular complexity index is 230. The van der Waals surface area contributed by atoms with Gasteiger partial charge < -0.3 is 5.73 Å². The lowest BCUT2D eigenvalue weighted by Crippen LogP contribution is -2.15. The minimum atomic E-state index is 0.649. The quantitative estimate of drug-likeness (QED) is 0.870. The summed E-state index contributed by atoms with van der Waals surface area (Å²) in [5.41, 5.74) is 5.63. The van der Waals surface area contributed by atoms with Crippen LogP contribution in [0.5, 0.6) is 0 Å². The Balaban J connectivity index is 2.50. The average Bonchev–Trinajstić information content (AvgIpc) is 2.47. The van der Waals surface area contributed by atoms with Crippen LogP contribution in [0.25, 0.3) is 0 Å². The molecular formula is C9H14BrNS. The maximum Gasteiger partial charge on any atom is 0.0285 e. The summed E-state index contributed by atoms with van der Waals surface area (Å²) in [6.45, 7) is 2.99. The van der Waals surface area contributed by atoms with Crippen molar-refractivity contribution in [1.29, 1.82) is 0 Å². The monoisotopic (exact) mass is 247 g/mol. The minimum Gasteiger partial charge on any atom is -0.330 e. The summed E-state index contributed by atoms with van der Waals surface area (Å²) in [5.74, 6) is 0.649. The van der Waals surface area contributed by atoms with Crippen LogP contribution >= 0.6 is 27.3 Å². The topological polar surface area (TPSA) is 26.0 Å². The van der Waals surface area contributed by atoms with Crippen molar-refractivity contribution in [3.8, 4) is 0 Å². The second kappa shape index (κ2) is 5.00. The lowest BCUT2D eigenvalue weighted by atomic mass is 10.0. The largest absolute Gasteiger partial charge is 0.330 e. The molecule has 0 radical (unpaired) electrons. The lowest BCUT2D eigenvalue weighted by Gasteiger charge is -2.09. The van der Waals surface area contributed by atoms with Crippen LogP contribution in [0.4, 0.5) is 0 Å². The molecule has 0 spiro atoms. The average molecular weight is 248 g/mol. The molecule has 1 unspecified atom stereocenters. The maximum atomic E-state index is 5.63. The van der Waals surface area contributed by atoms with Crippen LogP contribution in [-0.4, -0.2) is 6.54 Å². The van der Waals surface area contributed by atoms with Gasteiger partial charge in [-0.25, -0.2) is 0 Å². The molecule has 0 bridgehead atoms. The van der Waals surface area contributed by atoms with E-state index in [0.29, 0.717) is 5.92 Å². The van der Waals surface area contributed by atoms with E-state index in [0.717, 1.165) is 13.0 Å². The van der Waals surface area contributed by atoms with Crippen LogP contribution in [0.2, 0.25) is 0 Å². The smallest absolute Gasteiger partial charge is 0.0285 e. The van der Waals surface area contributed by atoms with Gasteiger partial charge in [0.25, 0.3) is 0 Å². The van der Waals surface area contributed by atoms with Gasteiger partial charge in [0.2, 0.25) is 0 Å². The van der Waals surface area contributed by atoms with E-state index in [1.54, 1.807) is 11.3 Å². The van der Waals surface area contributed by atoms with E-state index in [2.05, 4.69) is 34.3 Å². The molecule has 1 aromatic rings. The van der Waals surface area contributed by atoms with Crippen molar-refractivity contribution in [3.63, 3.8) is 0 Å². The van der Waals surface area contributed by atoms with Crippen molar-refractivity contribution in [1.82, 2.24) is 0 Å². The molecule has 0 aliphatic heterocycles. The predicted molar refractivity (Wildman–Crippen MR) is 58.6 cm³/mol. The molecule has 0 amide bonds. The lowest BCUT2D eigenvalue weighted by molar-refractivity contribution is 0.522. The van der Waals surface area contributed by atoms with Gasteiger partial charge in [-0.1, -0.05) is 13.3 Å². The maximum absolute atomic E-state index is 5.63. The summed E-state index contributed by atoms with van der Waals surface area (Å²) in [6.07, 6.45) is 2.30. The molecule has 1 aromatic heterocycles. The standard InChI is InChI=1S/C9H14BrNS/c1-2-7(5-11)3-9-4-8(10)6-12-9/h4,6-7H,2-3,5,11H2,1H3. The molecular weight excluding hydrogens is 234 g/mol. The van der Waals surface area contributed by atoms with Crippen molar-refractivity contribution in [2.24, 2.45) is 11.7 Å². The van der Waals surface area contributed by atoms with Crippen LogP contribution < -0.4 is 5.73 Å². The molecule has 0 aliphatic carbocycles. The summed E-state index contributed by atoms with van der Waals surface area (Å²) in [5, 5.41) is 2.12. The van der Waals surface area contributed by atoms with E-state index in [1.807, 2.05) is 0 Å². The van der Waals surface area contributed by atoms with Crippen LogP contribution in [-0.2, 0) is 6.42 Å². The highest BCUT2D eigenvalue weighted by atomic mass is 79.9. The fourth-order valence-electron chi connectivity index (χ4n) is 1.14. The SMILES string of the molecule is CCC(CN)Cc1cc(Br)cs1. The highest BCUT2D eigenvalue weighted by Crippen LogP contribution is 2.22. The van der Waals surface area contributed by atoms with Crippen LogP contribution in [0.1, 0.15) is 18.2 Å². The third-order valence-corrected chi connectivity index (χ3v) is 3.74. The first-order chi connectivity index (χ1) is 5.76. The highest BCUT2D eigenvalue weighted by Gasteiger charge is 2.06. The van der Waals surface area contributed by atoms with Gasteiger partial charge in [0, 0.05) is 14.7 Å². The molecule has 0 aliphatic rings. The molecule has 1 atom stereocenters. The molecule has 0 saturated heterocycles. The van der Waals surface area contributed by atoms with Crippen molar-refractivity contribution < 1.29 is 0 Å². The Hall–Kier alpha value is 0.140. The molecule has 0 saturated carbocycles. The van der Waals surface area contributed by atoms with Crippen LogP contribution in [0.3, 0.4) is 0 Å². The molecule has 1 heterocycles. The fraction of sp³-hybridized carbons (Fsp3) is 0.556. The Kier molecular flexibility index (Phi) is 4.26. The third-order valence-electron chi connectivity index (χ3n) is 2.02. The zero-order chi connectivity index (χ0) is 8.97. The van der Waals surface area contributed by atoms with E-state index < -0.39 is 0 Å². The van der Waals surface area contributed by atoms with E-state index in [9.17, 15) is 0 Å². The molecule has 1 nitrogen and oxygen atoms in total. The van der Waals surface area contributed by atoms with E-state index in [-0.39, 0.29) is 0 Å². The summed E-state index contributed by atoms with van der Waals surface area (Å²) in [6, 6.07) is 2.18. The van der Waals surface area contributed by atoms with Crippen LogP contribution in [0, 0.1) is 5.92 Å². The highest BCUT2D eigenvalue weighted by molar-refractivity contribution is 9.10. The van der Waals surface area contributed by atoms with Gasteiger partial charge in [0.15, 0.2) is 0 Å². The number of hydrogen-bond donors (Lipinski definition) is 1. The predicted octanol–water partition coefficient (Wildman–Crippen LogP) is 3.04. The number of rotatable bonds is 4. The van der Waals surface area contributed by atoms with E-state index in [1.165, 1.54) is 15.8 Å². The summed E-state index contributed by atoms with van der Waals surface area (Å²) in [4.78, 5) is 1.43. The molecule has 3 heteroatoms. The van der Waals surface area contributed by atoms with Crippen molar-refractivity contribution in [2.75, 3.05) is 6.54 Å². The van der Waals surface area contributed by atoms with E-state index in [4.69, 9.17) is 5.73 Å². The Labute approximate surface area is 86.1 Å². The van der Waals surface area contributed by atoms with Crippen molar-refractivity contribution >= 4 is 27.3 Å². The molecule has 0 aromatic carbocycles. The van der Waals surface area contributed by atoms with Crippen molar-refractivity contribution in [3.05, 3.63) is 20.8 Å². The third kappa shape index (κ3) is 2.88. The normalized spacial score (nSPS) is 13.2. The Morgan fingerprint density at radius 2 is 2.42 bits per heavy atom. The molecule has 2 N–H and O–H groups in total. The molecule has 0 fully saturated rings. The van der Waals surface area contributed by atoms with Gasteiger partial charge in [-0.2, -0.15) is 0 Å². The van der Waals surface area contributed by atoms with Gasteiger partial charge in [0.1, 0.15) is 0 Å². The summed E-state index contributed by atoms with van der Waals surface area (Å²) in [7, 11) is 0. The van der Waals surface area contributed by atoms with Crippen LogP contribution in [0.15, 0.2) is 15.9 Å². The van der Waals surface area contributed by atoms with E-state index >= 15 is 0 Å². The number of hydrogen-bond acceptors (Lipinski definition) is 2. The minimum absolute atomic E-state index is 0.649. The Morgan fingerprint density at radius 1 is 1.67 bits per heavy atom. The number of thiophene rings is 1. The second-order valence-electron chi connectivity index (χ2n) is 2.95. The Morgan fingerprint density at radius 3 is 2.83 bits per heavy atom. The summed E-state index contributed by atoms with van der Waals surface area (Å²) >= 11 is 5.25. The zero-order valence-electron chi connectivity index (χ0n) is 7.22. The van der Waals surface area contributed by atoms with Gasteiger partial charge in [-0.3, -0.25) is 0 Å².